The number of carbonyl (C=O) groups excluding carboxylic acids is 1. The molecule has 0 radical (unpaired) electrons. The Morgan fingerprint density at radius 1 is 0.919 bits per heavy atom. The second kappa shape index (κ2) is 11.7. The molecule has 2 aromatic carbocycles. The van der Waals surface area contributed by atoms with Crippen LogP contribution in [0.3, 0.4) is 0 Å². The van der Waals surface area contributed by atoms with Gasteiger partial charge in [-0.1, -0.05) is 0 Å². The van der Waals surface area contributed by atoms with Gasteiger partial charge in [-0.05, 0) is 42.8 Å². The maximum Gasteiger partial charge on any atom is 0.243 e. The van der Waals surface area contributed by atoms with Crippen molar-refractivity contribution in [1.29, 1.82) is 0 Å². The van der Waals surface area contributed by atoms with Crippen molar-refractivity contribution < 1.29 is 35.8 Å². The summed E-state index contributed by atoms with van der Waals surface area (Å²) >= 11 is 0. The van der Waals surface area contributed by atoms with Crippen molar-refractivity contribution in [3.8, 4) is 17.2 Å². The number of carbonyl (C=O) groups is 1. The largest absolute Gasteiger partial charge is 0.497 e. The lowest BCUT2D eigenvalue weighted by Crippen LogP contribution is -2.50. The molecule has 4 rings (SSSR count). The van der Waals surface area contributed by atoms with Gasteiger partial charge in [0.1, 0.15) is 5.75 Å². The molecule has 2 heterocycles. The molecular formula is C24H31N3O8S2. The molecule has 0 unspecified atom stereocenters. The van der Waals surface area contributed by atoms with E-state index < -0.39 is 20.0 Å². The van der Waals surface area contributed by atoms with E-state index >= 15 is 0 Å². The van der Waals surface area contributed by atoms with Gasteiger partial charge in [-0.15, -0.1) is 0 Å². The first-order valence-electron chi connectivity index (χ1n) is 12.0. The first-order chi connectivity index (χ1) is 17.7. The van der Waals surface area contributed by atoms with Crippen LogP contribution >= 0.6 is 0 Å². The molecule has 0 saturated carbocycles. The molecule has 1 saturated heterocycles. The Morgan fingerprint density at radius 3 is 2.24 bits per heavy atom. The Bertz CT molecular complexity index is 1310. The summed E-state index contributed by atoms with van der Waals surface area (Å²) in [4.78, 5) is 14.5. The second-order valence-corrected chi connectivity index (χ2v) is 12.3. The zero-order valence-electron chi connectivity index (χ0n) is 20.6. The Hall–Kier alpha value is -2.87. The SMILES string of the molecule is COc1ccc(S(=O)(=O)N2CCN(C(=O)CCCNS(=O)(=O)c3ccc4c(c3)OCCCO4)CC2)cc1. The van der Waals surface area contributed by atoms with Crippen molar-refractivity contribution in [2.24, 2.45) is 0 Å². The van der Waals surface area contributed by atoms with Crippen LogP contribution in [0.2, 0.25) is 0 Å². The molecule has 37 heavy (non-hydrogen) atoms. The standard InChI is InChI=1S/C24H31N3O8S2/c1-33-19-5-7-20(8-6-19)37(31,32)27-14-12-26(13-15-27)24(28)4-2-11-25-36(29,30)21-9-10-22-23(18-21)35-17-3-16-34-22/h5-10,18,25H,2-4,11-17H2,1H3. The van der Waals surface area contributed by atoms with Crippen LogP contribution in [0, 0.1) is 0 Å². The molecule has 202 valence electrons. The summed E-state index contributed by atoms with van der Waals surface area (Å²) in [6.45, 7) is 1.99. The lowest BCUT2D eigenvalue weighted by molar-refractivity contribution is -0.132. The molecule has 0 bridgehead atoms. The predicted octanol–water partition coefficient (Wildman–Crippen LogP) is 1.45. The fourth-order valence-electron chi connectivity index (χ4n) is 4.07. The average molecular weight is 554 g/mol. The molecule has 0 aliphatic carbocycles. The lowest BCUT2D eigenvalue weighted by atomic mass is 10.2. The van der Waals surface area contributed by atoms with Crippen LogP contribution in [0.25, 0.3) is 0 Å². The summed E-state index contributed by atoms with van der Waals surface area (Å²) in [6.07, 6.45) is 1.18. The zero-order valence-corrected chi connectivity index (χ0v) is 22.2. The highest BCUT2D eigenvalue weighted by molar-refractivity contribution is 7.89. The maximum atomic E-state index is 12.9. The molecule has 11 nitrogen and oxygen atoms in total. The quantitative estimate of drug-likeness (QED) is 0.462. The van der Waals surface area contributed by atoms with Gasteiger partial charge in [0.25, 0.3) is 0 Å². The first kappa shape index (κ1) is 27.2. The number of nitrogens with one attached hydrogen (secondary N) is 1. The van der Waals surface area contributed by atoms with E-state index in [0.717, 1.165) is 6.42 Å². The van der Waals surface area contributed by atoms with E-state index in [1.54, 1.807) is 23.1 Å². The number of ether oxygens (including phenoxy) is 3. The predicted molar refractivity (Wildman–Crippen MR) is 135 cm³/mol. The van der Waals surface area contributed by atoms with Gasteiger partial charge in [0.2, 0.25) is 26.0 Å². The van der Waals surface area contributed by atoms with E-state index in [-0.39, 0.29) is 54.8 Å². The van der Waals surface area contributed by atoms with Gasteiger partial charge in [0.15, 0.2) is 11.5 Å². The fraction of sp³-hybridized carbons (Fsp3) is 0.458. The third-order valence-corrected chi connectivity index (χ3v) is 9.55. The van der Waals surface area contributed by atoms with E-state index in [9.17, 15) is 21.6 Å². The first-order valence-corrected chi connectivity index (χ1v) is 14.9. The molecule has 1 amide bonds. The van der Waals surface area contributed by atoms with Gasteiger partial charge >= 0.3 is 0 Å². The van der Waals surface area contributed by atoms with Crippen molar-refractivity contribution in [2.75, 3.05) is 53.0 Å². The Morgan fingerprint density at radius 2 is 1.57 bits per heavy atom. The van der Waals surface area contributed by atoms with E-state index in [1.165, 1.54) is 35.7 Å². The topological polar surface area (TPSA) is 132 Å². The van der Waals surface area contributed by atoms with Gasteiger partial charge < -0.3 is 19.1 Å². The molecule has 13 heteroatoms. The van der Waals surface area contributed by atoms with Crippen LogP contribution in [0.5, 0.6) is 17.2 Å². The minimum absolute atomic E-state index is 0.0669. The highest BCUT2D eigenvalue weighted by Gasteiger charge is 2.30. The number of methoxy groups -OCH3 is 1. The molecule has 2 aliphatic rings. The van der Waals surface area contributed by atoms with Crippen LogP contribution in [0.15, 0.2) is 52.3 Å². The molecule has 1 N–H and O–H groups in total. The van der Waals surface area contributed by atoms with Crippen LogP contribution in [-0.2, 0) is 24.8 Å². The van der Waals surface area contributed by atoms with Crippen molar-refractivity contribution in [3.05, 3.63) is 42.5 Å². The molecule has 2 aromatic rings. The Kier molecular flexibility index (Phi) is 8.57. The van der Waals surface area contributed by atoms with E-state index in [0.29, 0.717) is 36.9 Å². The highest BCUT2D eigenvalue weighted by atomic mass is 32.2. The van der Waals surface area contributed by atoms with Gasteiger partial charge in [-0.2, -0.15) is 4.31 Å². The average Bonchev–Trinajstić information content (AvgIpc) is 3.16. The van der Waals surface area contributed by atoms with E-state index in [4.69, 9.17) is 14.2 Å². The Balaban J connectivity index is 1.23. The molecule has 1 fully saturated rings. The molecular weight excluding hydrogens is 522 g/mol. The van der Waals surface area contributed by atoms with Gasteiger partial charge in [0.05, 0.1) is 30.1 Å². The Labute approximate surface area is 217 Å². The summed E-state index contributed by atoms with van der Waals surface area (Å²) in [6, 6.07) is 10.7. The van der Waals surface area contributed by atoms with Gasteiger partial charge in [-0.25, -0.2) is 21.6 Å². The number of rotatable bonds is 9. The molecule has 0 aromatic heterocycles. The summed E-state index contributed by atoms with van der Waals surface area (Å²) in [5.74, 6) is 1.33. The fourth-order valence-corrected chi connectivity index (χ4v) is 6.58. The maximum absolute atomic E-state index is 12.9. The number of benzene rings is 2. The highest BCUT2D eigenvalue weighted by Crippen LogP contribution is 2.31. The molecule has 0 spiro atoms. The minimum atomic E-state index is -3.77. The number of hydrogen-bond donors (Lipinski definition) is 1. The number of nitrogens with zero attached hydrogens (tertiary/aromatic N) is 2. The number of fused-ring (bicyclic) bond motifs is 1. The zero-order chi connectivity index (χ0) is 26.5. The van der Waals surface area contributed by atoms with Gasteiger partial charge in [0, 0.05) is 51.6 Å². The second-order valence-electron chi connectivity index (χ2n) is 8.62. The number of sulfonamides is 2. The summed E-state index contributed by atoms with van der Waals surface area (Å²) < 4.78 is 71.1. The van der Waals surface area contributed by atoms with Crippen molar-refractivity contribution in [1.82, 2.24) is 13.9 Å². The monoisotopic (exact) mass is 553 g/mol. The van der Waals surface area contributed by atoms with Crippen molar-refractivity contribution in [2.45, 2.75) is 29.1 Å². The third-order valence-electron chi connectivity index (χ3n) is 6.18. The summed E-state index contributed by atoms with van der Waals surface area (Å²) in [7, 11) is -5.93. The van der Waals surface area contributed by atoms with Crippen LogP contribution in [0.1, 0.15) is 19.3 Å². The van der Waals surface area contributed by atoms with Crippen molar-refractivity contribution >= 4 is 26.0 Å². The van der Waals surface area contributed by atoms with Crippen molar-refractivity contribution in [3.63, 3.8) is 0 Å². The van der Waals surface area contributed by atoms with Gasteiger partial charge in [-0.3, -0.25) is 4.79 Å². The minimum Gasteiger partial charge on any atom is -0.497 e. The van der Waals surface area contributed by atoms with Crippen LogP contribution < -0.4 is 18.9 Å². The lowest BCUT2D eigenvalue weighted by Gasteiger charge is -2.34. The van der Waals surface area contributed by atoms with Crippen LogP contribution in [0.4, 0.5) is 0 Å². The van der Waals surface area contributed by atoms with E-state index in [2.05, 4.69) is 4.72 Å². The third kappa shape index (κ3) is 6.53. The summed E-state index contributed by atoms with van der Waals surface area (Å²) in [5, 5.41) is 0. The number of amides is 1. The van der Waals surface area contributed by atoms with Crippen LogP contribution in [-0.4, -0.2) is 85.0 Å². The number of piperazine rings is 1. The smallest absolute Gasteiger partial charge is 0.243 e. The molecule has 0 atom stereocenters. The summed E-state index contributed by atoms with van der Waals surface area (Å²) in [5.41, 5.74) is 0. The normalized spacial score (nSPS) is 16.7. The van der Waals surface area contributed by atoms with E-state index in [1.807, 2.05) is 0 Å². The number of hydrogen-bond acceptors (Lipinski definition) is 8. The molecule has 2 aliphatic heterocycles.